The minimum absolute atomic E-state index is 0. The first-order valence-corrected chi connectivity index (χ1v) is 10.9. The van der Waals surface area contributed by atoms with Gasteiger partial charge in [-0.05, 0) is 24.7 Å². The predicted molar refractivity (Wildman–Crippen MR) is 106 cm³/mol. The molecule has 0 aromatic heterocycles. The van der Waals surface area contributed by atoms with Gasteiger partial charge in [-0.2, -0.15) is 8.42 Å². The Kier molecular flexibility index (Phi) is 15.6. The average Bonchev–Trinajstić information content (AvgIpc) is 2.50. The highest BCUT2D eigenvalue weighted by atomic mass is 32.2. The van der Waals surface area contributed by atoms with E-state index in [4.69, 9.17) is 0 Å². The molecule has 10 heteroatoms. The molecule has 0 spiro atoms. The van der Waals surface area contributed by atoms with Crippen molar-refractivity contribution in [2.24, 2.45) is 17.3 Å². The van der Waals surface area contributed by atoms with E-state index < -0.39 is 44.6 Å². The third-order valence-corrected chi connectivity index (χ3v) is 6.59. The topological polar surface area (TPSA) is 208 Å². The zero-order valence-electron chi connectivity index (χ0n) is 18.2. The number of rotatable bonds is 14. The van der Waals surface area contributed by atoms with E-state index in [0.717, 1.165) is 25.7 Å². The van der Waals surface area contributed by atoms with E-state index in [1.54, 1.807) is 0 Å². The summed E-state index contributed by atoms with van der Waals surface area (Å²) in [6.45, 7) is 6.96. The molecule has 0 saturated carbocycles. The Morgan fingerprint density at radius 1 is 0.893 bits per heavy atom. The number of carbonyl (C=O) groups excluding carboxylic acids is 2. The van der Waals surface area contributed by atoms with Crippen LogP contribution in [0.4, 0.5) is 0 Å². The Bertz CT molecular complexity index is 550. The van der Waals surface area contributed by atoms with Crippen molar-refractivity contribution in [1.29, 1.82) is 0 Å². The SMILES string of the molecule is CCCCCC(C)C(C(=O)[O-])(C(C)CCCCC)C(C(=O)[O-])S(=O)(=O)O.[NH4+].[NH4+]. The summed E-state index contributed by atoms with van der Waals surface area (Å²) in [6.07, 6.45) is 5.25. The average molecular weight is 429 g/mol. The smallest absolute Gasteiger partial charge is 0.274 e. The molecule has 0 amide bonds. The molecule has 0 aliphatic heterocycles. The molecule has 9 N–H and O–H groups in total. The van der Waals surface area contributed by atoms with Crippen LogP contribution in [0, 0.1) is 17.3 Å². The van der Waals surface area contributed by atoms with E-state index in [1.807, 2.05) is 13.8 Å². The number of carboxylic acid groups (broad SMARTS) is 2. The highest BCUT2D eigenvalue weighted by Crippen LogP contribution is 2.46. The summed E-state index contributed by atoms with van der Waals surface area (Å²) in [7, 11) is -5.20. The first-order chi connectivity index (χ1) is 12.0. The first kappa shape index (κ1) is 31.5. The van der Waals surface area contributed by atoms with Crippen molar-refractivity contribution >= 4 is 22.1 Å². The van der Waals surface area contributed by atoms with E-state index in [9.17, 15) is 32.8 Å². The van der Waals surface area contributed by atoms with Gasteiger partial charge < -0.3 is 32.1 Å². The van der Waals surface area contributed by atoms with Gasteiger partial charge in [0.1, 0.15) is 5.25 Å². The summed E-state index contributed by atoms with van der Waals surface area (Å²) in [5.41, 5.74) is -2.26. The van der Waals surface area contributed by atoms with Gasteiger partial charge in [-0.1, -0.05) is 66.2 Å². The number of aliphatic carboxylic acids is 2. The molecular weight excluding hydrogens is 388 g/mol. The molecule has 0 aliphatic carbocycles. The van der Waals surface area contributed by atoms with Crippen LogP contribution in [0.3, 0.4) is 0 Å². The molecular formula is C18H40N2O7S. The van der Waals surface area contributed by atoms with Crippen molar-refractivity contribution in [1.82, 2.24) is 12.3 Å². The normalized spacial score (nSPS) is 16.6. The number of carboxylic acids is 2. The van der Waals surface area contributed by atoms with Crippen LogP contribution in [-0.4, -0.2) is 30.2 Å². The molecule has 0 fully saturated rings. The molecule has 0 bridgehead atoms. The van der Waals surface area contributed by atoms with Crippen LogP contribution in [0.15, 0.2) is 0 Å². The highest BCUT2D eigenvalue weighted by Gasteiger charge is 2.54. The van der Waals surface area contributed by atoms with Crippen molar-refractivity contribution in [3.05, 3.63) is 0 Å². The van der Waals surface area contributed by atoms with Crippen molar-refractivity contribution < 1.29 is 32.8 Å². The first-order valence-electron chi connectivity index (χ1n) is 9.36. The van der Waals surface area contributed by atoms with E-state index in [0.29, 0.717) is 25.7 Å². The van der Waals surface area contributed by atoms with Gasteiger partial charge in [-0.15, -0.1) is 0 Å². The van der Waals surface area contributed by atoms with Gasteiger partial charge in [-0.25, -0.2) is 0 Å². The molecule has 0 heterocycles. The summed E-state index contributed by atoms with van der Waals surface area (Å²) in [4.78, 5) is 23.8. The van der Waals surface area contributed by atoms with Crippen LogP contribution < -0.4 is 22.5 Å². The lowest BCUT2D eigenvalue weighted by atomic mass is 9.62. The fraction of sp³-hybridized carbons (Fsp3) is 0.889. The lowest BCUT2D eigenvalue weighted by Gasteiger charge is -2.49. The van der Waals surface area contributed by atoms with Crippen LogP contribution in [0.5, 0.6) is 0 Å². The monoisotopic (exact) mass is 428 g/mol. The Morgan fingerprint density at radius 2 is 1.25 bits per heavy atom. The molecule has 0 aromatic carbocycles. The fourth-order valence-corrected chi connectivity index (χ4v) is 5.25. The number of hydrogen-bond acceptors (Lipinski definition) is 6. The molecule has 3 atom stereocenters. The Morgan fingerprint density at radius 3 is 1.46 bits per heavy atom. The minimum atomic E-state index is -5.20. The maximum absolute atomic E-state index is 12.2. The lowest BCUT2D eigenvalue weighted by Crippen LogP contribution is -2.64. The second kappa shape index (κ2) is 13.9. The van der Waals surface area contributed by atoms with Crippen molar-refractivity contribution in [2.75, 3.05) is 0 Å². The highest BCUT2D eigenvalue weighted by molar-refractivity contribution is 7.87. The molecule has 0 rings (SSSR count). The molecule has 0 saturated heterocycles. The van der Waals surface area contributed by atoms with E-state index in [-0.39, 0.29) is 12.3 Å². The maximum Gasteiger partial charge on any atom is 0.274 e. The largest absolute Gasteiger partial charge is 0.549 e. The van der Waals surface area contributed by atoms with Gasteiger partial charge in [0, 0.05) is 11.4 Å². The molecule has 3 unspecified atom stereocenters. The van der Waals surface area contributed by atoms with E-state index in [1.165, 1.54) is 13.8 Å². The molecule has 28 heavy (non-hydrogen) atoms. The van der Waals surface area contributed by atoms with Gasteiger partial charge >= 0.3 is 0 Å². The second-order valence-electron chi connectivity index (χ2n) is 7.23. The molecule has 9 nitrogen and oxygen atoms in total. The quantitative estimate of drug-likeness (QED) is 0.276. The van der Waals surface area contributed by atoms with Gasteiger partial charge in [-0.3, -0.25) is 4.55 Å². The van der Waals surface area contributed by atoms with Crippen molar-refractivity contribution in [2.45, 2.75) is 84.3 Å². The zero-order chi connectivity index (χ0) is 20.5. The van der Waals surface area contributed by atoms with Crippen LogP contribution in [0.2, 0.25) is 0 Å². The Hall–Kier alpha value is -1.23. The van der Waals surface area contributed by atoms with Crippen LogP contribution in [0.1, 0.15) is 79.1 Å². The summed E-state index contributed by atoms with van der Waals surface area (Å²) >= 11 is 0. The fourth-order valence-electron chi connectivity index (χ4n) is 3.95. The number of unbranched alkanes of at least 4 members (excludes halogenated alkanes) is 4. The Balaban J connectivity index is -0.00000312. The summed E-state index contributed by atoms with van der Waals surface area (Å²) in [5.74, 6) is -5.51. The lowest BCUT2D eigenvalue weighted by molar-refractivity contribution is -0.334. The minimum Gasteiger partial charge on any atom is -0.549 e. The summed E-state index contributed by atoms with van der Waals surface area (Å²) < 4.78 is 33.2. The van der Waals surface area contributed by atoms with Gasteiger partial charge in [0.25, 0.3) is 10.1 Å². The van der Waals surface area contributed by atoms with Crippen molar-refractivity contribution in [3.63, 3.8) is 0 Å². The van der Waals surface area contributed by atoms with Crippen LogP contribution >= 0.6 is 0 Å². The zero-order valence-corrected chi connectivity index (χ0v) is 19.0. The molecule has 170 valence electrons. The van der Waals surface area contributed by atoms with Crippen LogP contribution in [-0.2, 0) is 19.7 Å². The summed E-state index contributed by atoms with van der Waals surface area (Å²) in [5, 5.41) is 21.2. The third kappa shape index (κ3) is 7.65. The standard InChI is InChI=1S/C18H34O7S.2H3N/c1-5-7-9-11-13(3)18(17(21)22,14(4)12-10-8-6-2)15(16(19)20)26(23,24)25;;/h13-15H,5-12H2,1-4H3,(H,19,20)(H,21,22)(H,23,24,25);2*1H3. The van der Waals surface area contributed by atoms with Gasteiger partial charge in [0.2, 0.25) is 0 Å². The van der Waals surface area contributed by atoms with Crippen molar-refractivity contribution in [3.8, 4) is 0 Å². The number of quaternary nitrogens is 2. The second-order valence-corrected chi connectivity index (χ2v) is 8.73. The maximum atomic E-state index is 12.2. The van der Waals surface area contributed by atoms with E-state index >= 15 is 0 Å². The Labute approximate surface area is 169 Å². The predicted octanol–water partition coefficient (Wildman–Crippen LogP) is 1.91. The van der Waals surface area contributed by atoms with Gasteiger partial charge in [0.05, 0.1) is 5.97 Å². The van der Waals surface area contributed by atoms with E-state index in [2.05, 4.69) is 0 Å². The molecule has 0 aromatic rings. The third-order valence-electron chi connectivity index (χ3n) is 5.41. The van der Waals surface area contributed by atoms with Crippen LogP contribution in [0.25, 0.3) is 0 Å². The summed E-state index contributed by atoms with van der Waals surface area (Å²) in [6, 6.07) is 0. The number of carbonyl (C=O) groups is 2. The van der Waals surface area contributed by atoms with Gasteiger partial charge in [0.15, 0.2) is 0 Å². The number of hydrogen-bond donors (Lipinski definition) is 3. The molecule has 0 radical (unpaired) electrons. The molecule has 0 aliphatic rings.